The lowest BCUT2D eigenvalue weighted by molar-refractivity contribution is -0.137. The number of alkyl halides is 3. The van der Waals surface area contributed by atoms with Crippen LogP contribution in [0.2, 0.25) is 0 Å². The summed E-state index contributed by atoms with van der Waals surface area (Å²) in [5, 5.41) is 0.551. The molecule has 0 radical (unpaired) electrons. The Morgan fingerprint density at radius 2 is 2.00 bits per heavy atom. The number of halogens is 3. The van der Waals surface area contributed by atoms with E-state index in [4.69, 9.17) is 4.74 Å². The number of hydrogen-bond acceptors (Lipinski definition) is 4. The summed E-state index contributed by atoms with van der Waals surface area (Å²) in [6, 6.07) is 7.15. The van der Waals surface area contributed by atoms with Gasteiger partial charge in [-0.3, -0.25) is 4.98 Å². The maximum atomic E-state index is 12.8. The first-order valence-corrected chi connectivity index (χ1v) is 9.07. The van der Waals surface area contributed by atoms with E-state index in [-0.39, 0.29) is 0 Å². The predicted molar refractivity (Wildman–Crippen MR) is 95.2 cm³/mol. The second-order valence-corrected chi connectivity index (χ2v) is 7.21. The lowest BCUT2D eigenvalue weighted by Gasteiger charge is -2.09. The normalized spacial score (nSPS) is 12.1. The van der Waals surface area contributed by atoms with Gasteiger partial charge in [0.15, 0.2) is 5.16 Å². The number of pyridine rings is 1. The number of H-pyrrole nitrogens is 1. The van der Waals surface area contributed by atoms with Crippen LogP contribution in [0.15, 0.2) is 41.7 Å². The van der Waals surface area contributed by atoms with E-state index < -0.39 is 11.7 Å². The van der Waals surface area contributed by atoms with Gasteiger partial charge in [-0.05, 0) is 30.2 Å². The van der Waals surface area contributed by atoms with Crippen LogP contribution in [0.3, 0.4) is 0 Å². The van der Waals surface area contributed by atoms with Crippen LogP contribution in [0, 0.1) is 5.92 Å². The molecule has 138 valence electrons. The minimum Gasteiger partial charge on any atom is -0.493 e. The van der Waals surface area contributed by atoms with E-state index in [0.29, 0.717) is 34.5 Å². The largest absolute Gasteiger partial charge is 0.493 e. The molecule has 4 nitrogen and oxygen atoms in total. The Kier molecular flexibility index (Phi) is 5.41. The molecule has 0 saturated carbocycles. The highest BCUT2D eigenvalue weighted by Gasteiger charge is 2.30. The molecule has 0 bridgehead atoms. The highest BCUT2D eigenvalue weighted by atomic mass is 32.2. The third kappa shape index (κ3) is 4.69. The van der Waals surface area contributed by atoms with Crippen LogP contribution in [0.1, 0.15) is 25.1 Å². The van der Waals surface area contributed by atoms with Crippen molar-refractivity contribution < 1.29 is 17.9 Å². The number of nitrogens with one attached hydrogen (secondary N) is 1. The van der Waals surface area contributed by atoms with Gasteiger partial charge in [0.25, 0.3) is 0 Å². The van der Waals surface area contributed by atoms with Crippen molar-refractivity contribution in [2.75, 3.05) is 6.61 Å². The summed E-state index contributed by atoms with van der Waals surface area (Å²) in [4.78, 5) is 11.5. The van der Waals surface area contributed by atoms with E-state index in [1.807, 2.05) is 6.07 Å². The third-order valence-electron chi connectivity index (χ3n) is 3.52. The Morgan fingerprint density at radius 3 is 2.73 bits per heavy atom. The molecule has 0 fully saturated rings. The van der Waals surface area contributed by atoms with E-state index in [1.54, 1.807) is 12.3 Å². The molecule has 0 unspecified atom stereocenters. The van der Waals surface area contributed by atoms with Crippen LogP contribution in [-0.4, -0.2) is 21.6 Å². The number of thioether (sulfide) groups is 1. The number of hydrogen-bond donors (Lipinski definition) is 1. The van der Waals surface area contributed by atoms with E-state index >= 15 is 0 Å². The van der Waals surface area contributed by atoms with Crippen LogP contribution in [0.5, 0.6) is 5.75 Å². The molecular weight excluding hydrogens is 363 g/mol. The van der Waals surface area contributed by atoms with Gasteiger partial charge in [-0.2, -0.15) is 13.2 Å². The molecule has 3 aromatic rings. The summed E-state index contributed by atoms with van der Waals surface area (Å²) < 4.78 is 44.0. The van der Waals surface area contributed by atoms with Crippen molar-refractivity contribution >= 4 is 22.8 Å². The highest BCUT2D eigenvalue weighted by Crippen LogP contribution is 2.32. The minimum atomic E-state index is -4.37. The molecule has 0 aliphatic carbocycles. The monoisotopic (exact) mass is 381 g/mol. The van der Waals surface area contributed by atoms with Crippen molar-refractivity contribution in [2.24, 2.45) is 5.92 Å². The molecule has 0 atom stereocenters. The lowest BCUT2D eigenvalue weighted by atomic mass is 10.2. The van der Waals surface area contributed by atoms with Gasteiger partial charge in [-0.25, -0.2) is 4.98 Å². The smallest absolute Gasteiger partial charge is 0.416 e. The van der Waals surface area contributed by atoms with Crippen molar-refractivity contribution in [2.45, 2.75) is 30.9 Å². The summed E-state index contributed by atoms with van der Waals surface area (Å²) in [7, 11) is 0. The Morgan fingerprint density at radius 1 is 1.19 bits per heavy atom. The number of benzene rings is 1. The van der Waals surface area contributed by atoms with Gasteiger partial charge in [0.1, 0.15) is 5.75 Å². The number of rotatable bonds is 6. The first-order chi connectivity index (χ1) is 12.3. The molecule has 2 aromatic heterocycles. The van der Waals surface area contributed by atoms with Crippen LogP contribution >= 0.6 is 11.8 Å². The maximum Gasteiger partial charge on any atom is 0.416 e. The zero-order valence-corrected chi connectivity index (χ0v) is 15.1. The Balaban J connectivity index is 1.69. The van der Waals surface area contributed by atoms with Gasteiger partial charge in [0.2, 0.25) is 0 Å². The number of aromatic nitrogens is 3. The molecule has 8 heteroatoms. The SMILES string of the molecule is CC(C)COc1ccnc(CSc2nc3ccc(C(F)(F)F)cc3[nH]2)c1. The fraction of sp³-hybridized carbons (Fsp3) is 0.333. The molecule has 3 rings (SSSR count). The molecule has 26 heavy (non-hydrogen) atoms. The van der Waals surface area contributed by atoms with Crippen LogP contribution < -0.4 is 4.74 Å². The summed E-state index contributed by atoms with van der Waals surface area (Å²) in [5.74, 6) is 1.71. The Labute approximate surface area is 153 Å². The van der Waals surface area contributed by atoms with Gasteiger partial charge in [-0.1, -0.05) is 25.6 Å². The first-order valence-electron chi connectivity index (χ1n) is 8.09. The first kappa shape index (κ1) is 18.6. The fourth-order valence-electron chi connectivity index (χ4n) is 2.26. The number of nitrogens with zero attached hydrogens (tertiary/aromatic N) is 2. The summed E-state index contributed by atoms with van der Waals surface area (Å²) in [6.45, 7) is 4.77. The molecule has 2 heterocycles. The second-order valence-electron chi connectivity index (χ2n) is 6.25. The van der Waals surface area contributed by atoms with Gasteiger partial charge >= 0.3 is 6.18 Å². The van der Waals surface area contributed by atoms with Crippen LogP contribution in [-0.2, 0) is 11.9 Å². The quantitative estimate of drug-likeness (QED) is 0.589. The Hall–Kier alpha value is -2.22. The van der Waals surface area contributed by atoms with Gasteiger partial charge in [0, 0.05) is 18.0 Å². The molecule has 0 saturated heterocycles. The molecule has 0 aliphatic heterocycles. The molecule has 0 aliphatic rings. The second kappa shape index (κ2) is 7.57. The molecule has 1 N–H and O–H groups in total. The lowest BCUT2D eigenvalue weighted by Crippen LogP contribution is -2.04. The van der Waals surface area contributed by atoms with Crippen molar-refractivity contribution in [1.29, 1.82) is 0 Å². The molecule has 0 spiro atoms. The molecular formula is C18H18F3N3OS. The van der Waals surface area contributed by atoms with E-state index in [1.165, 1.54) is 17.8 Å². The van der Waals surface area contributed by atoms with Gasteiger partial charge in [-0.15, -0.1) is 0 Å². The minimum absolute atomic E-state index is 0.365. The Bertz CT molecular complexity index is 893. The van der Waals surface area contributed by atoms with Crippen LogP contribution in [0.25, 0.3) is 11.0 Å². The van der Waals surface area contributed by atoms with E-state index in [9.17, 15) is 13.2 Å². The van der Waals surface area contributed by atoms with E-state index in [2.05, 4.69) is 28.8 Å². The standard InChI is InChI=1S/C18H18F3N3OS/c1-11(2)9-25-14-5-6-22-13(8-14)10-26-17-23-15-4-3-12(18(19,20)21)7-16(15)24-17/h3-8,11H,9-10H2,1-2H3,(H,23,24). The predicted octanol–water partition coefficient (Wildman–Crippen LogP) is 5.30. The topological polar surface area (TPSA) is 50.8 Å². The number of fused-ring (bicyclic) bond motifs is 1. The fourth-order valence-corrected chi connectivity index (χ4v) is 3.05. The van der Waals surface area contributed by atoms with Crippen molar-refractivity contribution in [3.8, 4) is 5.75 Å². The maximum absolute atomic E-state index is 12.8. The zero-order valence-electron chi connectivity index (χ0n) is 14.3. The average molecular weight is 381 g/mol. The van der Waals surface area contributed by atoms with Crippen molar-refractivity contribution in [1.82, 2.24) is 15.0 Å². The number of imidazole rings is 1. The number of ether oxygens (including phenoxy) is 1. The van der Waals surface area contributed by atoms with Gasteiger partial charge in [0.05, 0.1) is 28.9 Å². The van der Waals surface area contributed by atoms with E-state index in [0.717, 1.165) is 23.6 Å². The van der Waals surface area contributed by atoms with Gasteiger partial charge < -0.3 is 9.72 Å². The number of aromatic amines is 1. The summed E-state index contributed by atoms with van der Waals surface area (Å²) >= 11 is 1.38. The van der Waals surface area contributed by atoms with Crippen LogP contribution in [0.4, 0.5) is 13.2 Å². The highest BCUT2D eigenvalue weighted by molar-refractivity contribution is 7.98. The molecule has 1 aromatic carbocycles. The third-order valence-corrected chi connectivity index (χ3v) is 4.42. The average Bonchev–Trinajstić information content (AvgIpc) is 3.00. The molecule has 0 amide bonds. The zero-order chi connectivity index (χ0) is 18.7. The van der Waals surface area contributed by atoms with Crippen molar-refractivity contribution in [3.05, 3.63) is 47.8 Å². The summed E-state index contributed by atoms with van der Waals surface area (Å²) in [6.07, 6.45) is -2.69. The summed E-state index contributed by atoms with van der Waals surface area (Å²) in [5.41, 5.74) is 0.987. The van der Waals surface area contributed by atoms with Crippen molar-refractivity contribution in [3.63, 3.8) is 0 Å².